The predicted octanol–water partition coefficient (Wildman–Crippen LogP) is 3.50. The first-order chi connectivity index (χ1) is 16.5. The zero-order chi connectivity index (χ0) is 26.9. The minimum atomic E-state index is -5.85. The van der Waals surface area contributed by atoms with Crippen molar-refractivity contribution < 1.29 is 35.2 Å². The standard InChI is InChI=1S/C22H30F3N5O5S/c1-20(2)10-14(11-21(3,4)29-20)30(5)19-26-12-17(27-28-19)16-8-7-15(9-18(16)34-13-33-6)35-36(31,32)22(23,24)25/h7-9,12,14,29H,10-11,13H2,1-6H3. The zero-order valence-electron chi connectivity index (χ0n) is 20.9. The number of nitrogens with zero attached hydrogens (tertiary/aromatic N) is 4. The van der Waals surface area contributed by atoms with Gasteiger partial charge in [0.05, 0.1) is 6.20 Å². The number of rotatable bonds is 8. The van der Waals surface area contributed by atoms with Gasteiger partial charge in [0.1, 0.15) is 17.2 Å². The van der Waals surface area contributed by atoms with Crippen molar-refractivity contribution in [3.05, 3.63) is 24.4 Å². The third-order valence-corrected chi connectivity index (χ3v) is 6.61. The van der Waals surface area contributed by atoms with Gasteiger partial charge in [-0.15, -0.1) is 10.2 Å². The number of benzene rings is 1. The molecule has 14 heteroatoms. The Hall–Kier alpha value is -2.71. The molecule has 0 unspecified atom stereocenters. The first kappa shape index (κ1) is 27.9. The Morgan fingerprint density at radius 1 is 1.14 bits per heavy atom. The van der Waals surface area contributed by atoms with Gasteiger partial charge < -0.3 is 23.9 Å². The maximum Gasteiger partial charge on any atom is 0.534 e. The molecule has 1 fully saturated rings. The number of ether oxygens (including phenoxy) is 2. The Balaban J connectivity index is 1.87. The van der Waals surface area contributed by atoms with Crippen molar-refractivity contribution in [3.8, 4) is 22.8 Å². The average molecular weight is 534 g/mol. The Labute approximate surface area is 208 Å². The van der Waals surface area contributed by atoms with E-state index in [1.54, 1.807) is 0 Å². The predicted molar refractivity (Wildman–Crippen MR) is 126 cm³/mol. The topological polar surface area (TPSA) is 116 Å². The van der Waals surface area contributed by atoms with Crippen LogP contribution in [0.15, 0.2) is 24.4 Å². The summed E-state index contributed by atoms with van der Waals surface area (Å²) >= 11 is 0. The van der Waals surface area contributed by atoms with Crippen LogP contribution in [0.3, 0.4) is 0 Å². The molecule has 10 nitrogen and oxygen atoms in total. The average Bonchev–Trinajstić information content (AvgIpc) is 2.74. The molecule has 0 spiro atoms. The van der Waals surface area contributed by atoms with Gasteiger partial charge in [0.2, 0.25) is 5.95 Å². The minimum Gasteiger partial charge on any atom is -0.467 e. The Bertz CT molecular complexity index is 1160. The highest BCUT2D eigenvalue weighted by molar-refractivity contribution is 7.88. The monoisotopic (exact) mass is 533 g/mol. The van der Waals surface area contributed by atoms with Gasteiger partial charge in [-0.3, -0.25) is 0 Å². The van der Waals surface area contributed by atoms with Crippen LogP contribution < -0.4 is 19.1 Å². The lowest BCUT2D eigenvalue weighted by Crippen LogP contribution is -2.62. The molecule has 1 aliphatic heterocycles. The summed E-state index contributed by atoms with van der Waals surface area (Å²) in [6.45, 7) is 8.32. The van der Waals surface area contributed by atoms with E-state index in [0.29, 0.717) is 11.5 Å². The fourth-order valence-corrected chi connectivity index (χ4v) is 4.89. The Kier molecular flexibility index (Phi) is 7.72. The molecule has 0 aliphatic carbocycles. The third kappa shape index (κ3) is 6.53. The van der Waals surface area contributed by atoms with E-state index in [9.17, 15) is 21.6 Å². The van der Waals surface area contributed by atoms with Gasteiger partial charge in [-0.1, -0.05) is 0 Å². The number of nitrogens with one attached hydrogen (secondary N) is 1. The SMILES string of the molecule is COCOc1cc(OS(=O)(=O)C(F)(F)F)ccc1-c1cnc(N(C)C2CC(C)(C)NC(C)(C)C2)nn1. The molecule has 2 heterocycles. The number of alkyl halides is 3. The number of aromatic nitrogens is 3. The molecular weight excluding hydrogens is 503 g/mol. The van der Waals surface area contributed by atoms with Gasteiger partial charge in [0, 0.05) is 42.9 Å². The molecule has 1 aromatic carbocycles. The van der Waals surface area contributed by atoms with E-state index in [1.807, 2.05) is 11.9 Å². The van der Waals surface area contributed by atoms with Gasteiger partial charge in [0.25, 0.3) is 0 Å². The lowest BCUT2D eigenvalue weighted by atomic mass is 9.79. The Morgan fingerprint density at radius 3 is 2.31 bits per heavy atom. The van der Waals surface area contributed by atoms with Gasteiger partial charge in [-0.25, -0.2) is 4.98 Å². The van der Waals surface area contributed by atoms with Crippen LogP contribution in [0.1, 0.15) is 40.5 Å². The summed E-state index contributed by atoms with van der Waals surface area (Å²) in [6, 6.07) is 3.52. The molecular formula is C22H30F3N5O5S. The lowest BCUT2D eigenvalue weighted by molar-refractivity contribution is -0.0500. The molecule has 2 aromatic rings. The van der Waals surface area contributed by atoms with E-state index in [-0.39, 0.29) is 35.4 Å². The molecule has 1 saturated heterocycles. The fraction of sp³-hybridized carbons (Fsp3) is 0.591. The maximum absolute atomic E-state index is 12.7. The highest BCUT2D eigenvalue weighted by Gasteiger charge is 2.48. The fourth-order valence-electron chi connectivity index (χ4n) is 4.44. The van der Waals surface area contributed by atoms with Crippen LogP contribution in [0, 0.1) is 0 Å². The minimum absolute atomic E-state index is 0.0224. The summed E-state index contributed by atoms with van der Waals surface area (Å²) in [5.41, 5.74) is -5.16. The van der Waals surface area contributed by atoms with Crippen LogP contribution in [0.2, 0.25) is 0 Å². The number of hydrogen-bond acceptors (Lipinski definition) is 10. The van der Waals surface area contributed by atoms with Crippen LogP contribution >= 0.6 is 0 Å². The second-order valence-electron chi connectivity index (χ2n) is 9.90. The molecule has 36 heavy (non-hydrogen) atoms. The highest BCUT2D eigenvalue weighted by Crippen LogP contribution is 2.36. The number of methoxy groups -OCH3 is 1. The number of anilines is 1. The molecule has 0 radical (unpaired) electrons. The van der Waals surface area contributed by atoms with Crippen LogP contribution in [-0.4, -0.2) is 67.2 Å². The van der Waals surface area contributed by atoms with Crippen molar-refractivity contribution in [2.45, 2.75) is 63.2 Å². The number of halogens is 3. The summed E-state index contributed by atoms with van der Waals surface area (Å²) in [4.78, 5) is 6.41. The van der Waals surface area contributed by atoms with Crippen molar-refractivity contribution in [3.63, 3.8) is 0 Å². The molecule has 3 rings (SSSR count). The normalized spacial score (nSPS) is 18.0. The molecule has 1 aromatic heterocycles. The van der Waals surface area contributed by atoms with Crippen molar-refractivity contribution in [2.75, 3.05) is 25.9 Å². The quantitative estimate of drug-likeness (QED) is 0.307. The van der Waals surface area contributed by atoms with E-state index in [1.165, 1.54) is 19.4 Å². The largest absolute Gasteiger partial charge is 0.534 e. The highest BCUT2D eigenvalue weighted by atomic mass is 32.2. The van der Waals surface area contributed by atoms with Crippen molar-refractivity contribution >= 4 is 16.1 Å². The molecule has 1 aliphatic rings. The van der Waals surface area contributed by atoms with Crippen LogP contribution in [0.25, 0.3) is 11.3 Å². The van der Waals surface area contributed by atoms with Crippen molar-refractivity contribution in [1.82, 2.24) is 20.5 Å². The van der Waals surface area contributed by atoms with E-state index in [2.05, 4.69) is 52.4 Å². The first-order valence-corrected chi connectivity index (χ1v) is 12.4. The first-order valence-electron chi connectivity index (χ1n) is 11.0. The number of hydrogen-bond donors (Lipinski definition) is 1. The van der Waals surface area contributed by atoms with E-state index in [0.717, 1.165) is 25.0 Å². The van der Waals surface area contributed by atoms with Gasteiger partial charge >= 0.3 is 15.6 Å². The lowest BCUT2D eigenvalue weighted by Gasteiger charge is -2.48. The van der Waals surface area contributed by atoms with Crippen molar-refractivity contribution in [2.24, 2.45) is 0 Å². The molecule has 0 amide bonds. The van der Waals surface area contributed by atoms with Crippen molar-refractivity contribution in [1.29, 1.82) is 0 Å². The third-order valence-electron chi connectivity index (χ3n) is 5.63. The molecule has 1 N–H and O–H groups in total. The molecule has 0 saturated carbocycles. The van der Waals surface area contributed by atoms with E-state index >= 15 is 0 Å². The van der Waals surface area contributed by atoms with Gasteiger partial charge in [-0.05, 0) is 52.7 Å². The summed E-state index contributed by atoms with van der Waals surface area (Å²) in [5.74, 6) is -0.200. The Morgan fingerprint density at radius 2 is 1.78 bits per heavy atom. The van der Waals surface area contributed by atoms with Gasteiger partial charge in [-0.2, -0.15) is 21.6 Å². The summed E-state index contributed by atoms with van der Waals surface area (Å²) in [5, 5.41) is 12.1. The molecule has 200 valence electrons. The van der Waals surface area contributed by atoms with E-state index < -0.39 is 21.4 Å². The van der Waals surface area contributed by atoms with Crippen LogP contribution in [0.5, 0.6) is 11.5 Å². The van der Waals surface area contributed by atoms with E-state index in [4.69, 9.17) is 9.47 Å². The second kappa shape index (κ2) is 9.98. The van der Waals surface area contributed by atoms with Crippen LogP contribution in [0.4, 0.5) is 19.1 Å². The summed E-state index contributed by atoms with van der Waals surface area (Å²) < 4.78 is 75.3. The number of piperidine rings is 1. The smallest absolute Gasteiger partial charge is 0.467 e. The van der Waals surface area contributed by atoms with Gasteiger partial charge in [0.15, 0.2) is 6.79 Å². The van der Waals surface area contributed by atoms with Crippen LogP contribution in [-0.2, 0) is 14.9 Å². The summed E-state index contributed by atoms with van der Waals surface area (Å²) in [7, 11) is -2.59. The molecule has 0 atom stereocenters. The molecule has 0 bridgehead atoms. The maximum atomic E-state index is 12.7. The zero-order valence-corrected chi connectivity index (χ0v) is 21.7. The second-order valence-corrected chi connectivity index (χ2v) is 11.4. The summed E-state index contributed by atoms with van der Waals surface area (Å²) in [6.07, 6.45) is 3.20.